The molecule has 3 fully saturated rings. The first-order valence-electron chi connectivity index (χ1n) is 13.8. The lowest BCUT2D eigenvalue weighted by molar-refractivity contribution is -0.176. The first kappa shape index (κ1) is 30.2. The molecule has 0 unspecified atom stereocenters. The molecule has 0 N–H and O–H groups in total. The zero-order valence-corrected chi connectivity index (χ0v) is 24.2. The second-order valence-corrected chi connectivity index (χ2v) is 13.3. The molecule has 0 aliphatic heterocycles. The van der Waals surface area contributed by atoms with Crippen LogP contribution < -0.4 is 0 Å². The third kappa shape index (κ3) is 4.77. The van der Waals surface area contributed by atoms with Gasteiger partial charge in [-0.3, -0.25) is 28.8 Å². The van der Waals surface area contributed by atoms with Crippen LogP contribution in [0.15, 0.2) is 0 Å². The van der Waals surface area contributed by atoms with E-state index < -0.39 is 62.8 Å². The Hall–Kier alpha value is -2.38. The van der Waals surface area contributed by atoms with Gasteiger partial charge in [0, 0.05) is 42.4 Å². The van der Waals surface area contributed by atoms with Crippen LogP contribution in [0.3, 0.4) is 0 Å². The average Bonchev–Trinajstić information content (AvgIpc) is 3.10. The summed E-state index contributed by atoms with van der Waals surface area (Å²) in [5.41, 5.74) is -3.96. The minimum absolute atomic E-state index is 0.0175. The number of carbonyl (C=O) groups is 6. The Morgan fingerprint density at radius 1 is 0.947 bits per heavy atom. The average molecular weight is 533 g/mol. The van der Waals surface area contributed by atoms with E-state index in [-0.39, 0.29) is 43.5 Å². The lowest BCUT2D eigenvalue weighted by atomic mass is 9.49. The molecule has 0 heterocycles. The number of ether oxygens (including phenoxy) is 2. The summed E-state index contributed by atoms with van der Waals surface area (Å²) in [6.45, 7) is 12.4. The van der Waals surface area contributed by atoms with Crippen molar-refractivity contribution in [3.05, 3.63) is 0 Å². The van der Waals surface area contributed by atoms with Crippen LogP contribution in [0, 0.1) is 39.4 Å². The van der Waals surface area contributed by atoms with Gasteiger partial charge in [-0.2, -0.15) is 0 Å². The molecular weight excluding hydrogens is 488 g/mol. The lowest BCUT2D eigenvalue weighted by Crippen LogP contribution is -2.58. The maximum atomic E-state index is 14.0. The number of rotatable bonds is 5. The Balaban J connectivity index is 2.05. The number of methoxy groups -OCH3 is 1. The predicted octanol–water partition coefficient (Wildman–Crippen LogP) is 4.44. The predicted molar refractivity (Wildman–Crippen MR) is 139 cm³/mol. The molecule has 0 radical (unpaired) electrons. The third-order valence-corrected chi connectivity index (χ3v) is 10.9. The molecule has 3 aliphatic rings. The fourth-order valence-corrected chi connectivity index (χ4v) is 8.23. The molecular formula is C30H44O8. The zero-order valence-electron chi connectivity index (χ0n) is 24.2. The highest BCUT2D eigenvalue weighted by atomic mass is 16.5. The van der Waals surface area contributed by atoms with E-state index >= 15 is 0 Å². The smallest absolute Gasteiger partial charge is 0.305 e. The van der Waals surface area contributed by atoms with Gasteiger partial charge < -0.3 is 9.47 Å². The van der Waals surface area contributed by atoms with E-state index in [2.05, 4.69) is 0 Å². The van der Waals surface area contributed by atoms with Crippen LogP contribution >= 0.6 is 0 Å². The van der Waals surface area contributed by atoms with E-state index in [1.807, 2.05) is 27.7 Å². The molecule has 0 bridgehead atoms. The SMILES string of the molecule is COC(=O)CC[C@@H](C)[C@H]1CC[C@@]2(C)C(=O)C(=O)C[C@@H]3C(C)(C)[C@@H](OC(C)=O)CC[C@]3(C)C(=O)C(=O)C[C@]12C. The highest BCUT2D eigenvalue weighted by Crippen LogP contribution is 2.63. The number of fused-ring (bicyclic) bond motifs is 2. The molecule has 8 nitrogen and oxygen atoms in total. The number of hydrogen-bond acceptors (Lipinski definition) is 8. The minimum atomic E-state index is -1.15. The molecule has 0 amide bonds. The lowest BCUT2D eigenvalue weighted by Gasteiger charge is -2.54. The van der Waals surface area contributed by atoms with Crippen molar-refractivity contribution in [2.75, 3.05) is 7.11 Å². The summed E-state index contributed by atoms with van der Waals surface area (Å²) in [4.78, 5) is 79.1. The van der Waals surface area contributed by atoms with Crippen molar-refractivity contribution >= 4 is 35.1 Å². The van der Waals surface area contributed by atoms with Crippen molar-refractivity contribution in [2.24, 2.45) is 39.4 Å². The molecule has 0 aromatic rings. The quantitative estimate of drug-likeness (QED) is 0.376. The van der Waals surface area contributed by atoms with E-state index in [9.17, 15) is 28.8 Å². The molecule has 38 heavy (non-hydrogen) atoms. The van der Waals surface area contributed by atoms with E-state index in [0.29, 0.717) is 25.7 Å². The molecule has 3 rings (SSSR count). The van der Waals surface area contributed by atoms with Crippen molar-refractivity contribution in [3.8, 4) is 0 Å². The molecule has 3 saturated carbocycles. The Kier molecular flexibility index (Phi) is 8.18. The monoisotopic (exact) mass is 532 g/mol. The molecule has 7 atom stereocenters. The summed E-state index contributed by atoms with van der Waals surface area (Å²) in [5, 5.41) is 0. The summed E-state index contributed by atoms with van der Waals surface area (Å²) in [6, 6.07) is 0. The van der Waals surface area contributed by atoms with Gasteiger partial charge in [0.2, 0.25) is 11.6 Å². The van der Waals surface area contributed by atoms with Crippen LogP contribution in [-0.4, -0.2) is 48.3 Å². The van der Waals surface area contributed by atoms with Crippen molar-refractivity contribution in [1.82, 2.24) is 0 Å². The standard InChI is InChI=1S/C30H44O8/c1-17(9-10-24(34)37-8)19-11-14-29(6)26(36)20(32)15-22-27(3,4)23(38-18(2)31)12-13-28(22,5)25(35)21(33)16-30(19,29)7/h17,19,22-23H,9-16H2,1-8H3/t17-,19-,22-,23+,28+,29+,30-/m1/s1. The van der Waals surface area contributed by atoms with Crippen LogP contribution in [-0.2, 0) is 38.2 Å². The van der Waals surface area contributed by atoms with Crippen molar-refractivity contribution in [1.29, 1.82) is 0 Å². The summed E-state index contributed by atoms with van der Waals surface area (Å²) in [6.07, 6.45) is 1.66. The first-order chi connectivity index (χ1) is 17.5. The Morgan fingerprint density at radius 3 is 2.16 bits per heavy atom. The van der Waals surface area contributed by atoms with E-state index in [0.717, 1.165) is 0 Å². The highest BCUT2D eigenvalue weighted by Gasteiger charge is 2.64. The summed E-state index contributed by atoms with van der Waals surface area (Å²) >= 11 is 0. The number of ketones is 4. The van der Waals surface area contributed by atoms with Gasteiger partial charge in [0.05, 0.1) is 7.11 Å². The highest BCUT2D eigenvalue weighted by molar-refractivity contribution is 6.42. The fraction of sp³-hybridized carbons (Fsp3) is 0.800. The second kappa shape index (κ2) is 10.3. The molecule has 0 saturated heterocycles. The van der Waals surface area contributed by atoms with Gasteiger partial charge in [-0.1, -0.05) is 41.5 Å². The summed E-state index contributed by atoms with van der Waals surface area (Å²) in [7, 11) is 1.34. The number of carbonyl (C=O) groups excluding carboxylic acids is 6. The van der Waals surface area contributed by atoms with Crippen LogP contribution in [0.4, 0.5) is 0 Å². The molecule has 0 aromatic heterocycles. The molecule has 0 aromatic carbocycles. The summed E-state index contributed by atoms with van der Waals surface area (Å²) < 4.78 is 10.4. The maximum absolute atomic E-state index is 14.0. The minimum Gasteiger partial charge on any atom is -0.469 e. The number of esters is 2. The van der Waals surface area contributed by atoms with Gasteiger partial charge in [0.25, 0.3) is 0 Å². The van der Waals surface area contributed by atoms with Crippen LogP contribution in [0.1, 0.15) is 99.8 Å². The van der Waals surface area contributed by atoms with Gasteiger partial charge in [0.15, 0.2) is 11.6 Å². The van der Waals surface area contributed by atoms with Crippen LogP contribution in [0.25, 0.3) is 0 Å². The van der Waals surface area contributed by atoms with Gasteiger partial charge in [0.1, 0.15) is 6.10 Å². The molecule has 0 spiro atoms. The zero-order chi connectivity index (χ0) is 28.8. The number of hydrogen-bond donors (Lipinski definition) is 0. The normalized spacial score (nSPS) is 38.2. The van der Waals surface area contributed by atoms with Crippen molar-refractivity contribution < 1.29 is 38.2 Å². The van der Waals surface area contributed by atoms with E-state index in [4.69, 9.17) is 9.47 Å². The van der Waals surface area contributed by atoms with Gasteiger partial charge in [-0.15, -0.1) is 0 Å². The third-order valence-electron chi connectivity index (χ3n) is 10.9. The van der Waals surface area contributed by atoms with E-state index in [1.54, 1.807) is 13.8 Å². The van der Waals surface area contributed by atoms with E-state index in [1.165, 1.54) is 14.0 Å². The van der Waals surface area contributed by atoms with Crippen LogP contribution in [0.5, 0.6) is 0 Å². The van der Waals surface area contributed by atoms with Crippen LogP contribution in [0.2, 0.25) is 0 Å². The summed E-state index contributed by atoms with van der Waals surface area (Å²) in [5.74, 6) is -3.58. The maximum Gasteiger partial charge on any atom is 0.305 e. The Morgan fingerprint density at radius 2 is 1.58 bits per heavy atom. The largest absolute Gasteiger partial charge is 0.469 e. The second-order valence-electron chi connectivity index (χ2n) is 13.3. The fourth-order valence-electron chi connectivity index (χ4n) is 8.23. The Bertz CT molecular complexity index is 1040. The van der Waals surface area contributed by atoms with Crippen molar-refractivity contribution in [2.45, 2.75) is 106 Å². The number of Topliss-reactive ketones (excluding diaryl/α,β-unsaturated/α-hetero) is 4. The van der Waals surface area contributed by atoms with Gasteiger partial charge >= 0.3 is 11.9 Å². The van der Waals surface area contributed by atoms with Gasteiger partial charge in [-0.25, -0.2) is 0 Å². The molecule has 3 aliphatic carbocycles. The Labute approximate surface area is 226 Å². The topological polar surface area (TPSA) is 121 Å². The first-order valence-corrected chi connectivity index (χ1v) is 13.8. The van der Waals surface area contributed by atoms with Crippen molar-refractivity contribution in [3.63, 3.8) is 0 Å². The molecule has 8 heteroatoms. The molecule has 212 valence electrons. The van der Waals surface area contributed by atoms with Gasteiger partial charge in [-0.05, 0) is 55.3 Å².